The van der Waals surface area contributed by atoms with Gasteiger partial charge in [-0.3, -0.25) is 9.78 Å². The predicted octanol–water partition coefficient (Wildman–Crippen LogP) is 3.22. The number of carbonyl (C=O) groups is 1. The molecule has 3 atom stereocenters. The van der Waals surface area contributed by atoms with Crippen molar-refractivity contribution in [2.24, 2.45) is 0 Å². The highest BCUT2D eigenvalue weighted by Crippen LogP contribution is 2.40. The molecule has 1 saturated heterocycles. The molecule has 0 radical (unpaired) electrons. The van der Waals surface area contributed by atoms with Gasteiger partial charge in [0.05, 0.1) is 5.69 Å². The molecule has 0 aliphatic carbocycles. The van der Waals surface area contributed by atoms with Gasteiger partial charge in [0.2, 0.25) is 0 Å². The van der Waals surface area contributed by atoms with Crippen LogP contribution in [0.2, 0.25) is 0 Å². The molecule has 0 bridgehead atoms. The van der Waals surface area contributed by atoms with E-state index < -0.39 is 12.2 Å². The van der Waals surface area contributed by atoms with Crippen molar-refractivity contribution in [3.05, 3.63) is 41.9 Å². The quantitative estimate of drug-likeness (QED) is 0.870. The summed E-state index contributed by atoms with van der Waals surface area (Å²) in [5.41, 5.74) is 0.965. The van der Waals surface area contributed by atoms with Crippen LogP contribution >= 0.6 is 0 Å². The molecule has 2 aliphatic rings. The number of fused-ring (bicyclic) bond motifs is 1. The summed E-state index contributed by atoms with van der Waals surface area (Å²) < 4.78 is 41.2. The lowest BCUT2D eigenvalue weighted by Gasteiger charge is -2.31. The maximum Gasteiger partial charge on any atom is 0.410 e. The number of carbonyl (C=O) groups excluding carboxylic acids is 1. The second-order valence-electron chi connectivity index (χ2n) is 7.19. The highest BCUT2D eigenvalue weighted by atomic mass is 19.4. The lowest BCUT2D eigenvalue weighted by molar-refractivity contribution is -0.173. The van der Waals surface area contributed by atoms with Gasteiger partial charge in [-0.2, -0.15) is 18.3 Å². The molecule has 2 aromatic heterocycles. The van der Waals surface area contributed by atoms with Gasteiger partial charge in [0.15, 0.2) is 6.04 Å². The number of likely N-dealkylation sites (tertiary alicyclic amines) is 1. The smallest absolute Gasteiger partial charge is 0.368 e. The Morgan fingerprint density at radius 2 is 2.15 bits per heavy atom. The molecule has 4 heterocycles. The SMILES string of the molecule is C[C@@H]1C[C@H](C(F)(F)F)n2nc([C@@H]3CCN(C(=O)c4ccccn4)C3)cc2N1. The maximum absolute atomic E-state index is 13.4. The minimum Gasteiger partial charge on any atom is -0.368 e. The molecule has 4 rings (SSSR count). The zero-order valence-corrected chi connectivity index (χ0v) is 14.8. The van der Waals surface area contributed by atoms with Crippen molar-refractivity contribution in [3.8, 4) is 0 Å². The van der Waals surface area contributed by atoms with Crippen LogP contribution in [0.1, 0.15) is 47.9 Å². The van der Waals surface area contributed by atoms with Crippen molar-refractivity contribution in [2.75, 3.05) is 18.4 Å². The van der Waals surface area contributed by atoms with E-state index in [1.54, 1.807) is 42.3 Å². The van der Waals surface area contributed by atoms with E-state index in [-0.39, 0.29) is 24.3 Å². The summed E-state index contributed by atoms with van der Waals surface area (Å²) in [6.07, 6.45) is -2.16. The van der Waals surface area contributed by atoms with E-state index in [9.17, 15) is 18.0 Å². The van der Waals surface area contributed by atoms with E-state index in [0.29, 0.717) is 36.7 Å². The third kappa shape index (κ3) is 3.38. The Kier molecular flexibility index (Phi) is 4.32. The fourth-order valence-corrected chi connectivity index (χ4v) is 3.81. The Labute approximate surface area is 154 Å². The predicted molar refractivity (Wildman–Crippen MR) is 92.5 cm³/mol. The van der Waals surface area contributed by atoms with Crippen LogP contribution < -0.4 is 5.32 Å². The summed E-state index contributed by atoms with van der Waals surface area (Å²) in [6, 6.07) is 4.94. The number of pyridine rings is 1. The van der Waals surface area contributed by atoms with E-state index >= 15 is 0 Å². The van der Waals surface area contributed by atoms with E-state index in [1.807, 2.05) is 0 Å². The molecule has 0 spiro atoms. The van der Waals surface area contributed by atoms with Gasteiger partial charge in [0, 0.05) is 37.3 Å². The Morgan fingerprint density at radius 1 is 1.33 bits per heavy atom. The lowest BCUT2D eigenvalue weighted by atomic mass is 10.0. The zero-order valence-electron chi connectivity index (χ0n) is 14.8. The van der Waals surface area contributed by atoms with Crippen LogP contribution in [0.3, 0.4) is 0 Å². The molecule has 1 amide bonds. The second-order valence-corrected chi connectivity index (χ2v) is 7.19. The maximum atomic E-state index is 13.4. The minimum atomic E-state index is -4.34. The van der Waals surface area contributed by atoms with Crippen molar-refractivity contribution in [2.45, 2.75) is 43.9 Å². The largest absolute Gasteiger partial charge is 0.410 e. The molecule has 144 valence electrons. The molecule has 2 aromatic rings. The highest BCUT2D eigenvalue weighted by Gasteiger charge is 2.46. The number of alkyl halides is 3. The molecule has 2 aliphatic heterocycles. The van der Waals surface area contributed by atoms with Crippen LogP contribution in [0.4, 0.5) is 19.0 Å². The van der Waals surface area contributed by atoms with Gasteiger partial charge in [0.25, 0.3) is 5.91 Å². The number of nitrogens with zero attached hydrogens (tertiary/aromatic N) is 4. The standard InChI is InChI=1S/C18H20F3N5O/c1-11-8-15(18(19,20)21)26-16(23-11)9-14(24-26)12-5-7-25(10-12)17(27)13-4-2-3-6-22-13/h2-4,6,9,11-12,15,23H,5,7-8,10H2,1H3/t11-,12-,15-/m1/s1. The first-order chi connectivity index (χ1) is 12.8. The van der Waals surface area contributed by atoms with Gasteiger partial charge in [-0.1, -0.05) is 6.07 Å². The van der Waals surface area contributed by atoms with E-state index in [0.717, 1.165) is 4.68 Å². The van der Waals surface area contributed by atoms with Crippen molar-refractivity contribution >= 4 is 11.7 Å². The van der Waals surface area contributed by atoms with Crippen molar-refractivity contribution in [1.82, 2.24) is 19.7 Å². The van der Waals surface area contributed by atoms with Gasteiger partial charge >= 0.3 is 6.18 Å². The Balaban J connectivity index is 1.53. The second kappa shape index (κ2) is 6.54. The van der Waals surface area contributed by atoms with Crippen LogP contribution in [-0.2, 0) is 0 Å². The molecule has 0 saturated carbocycles. The normalized spacial score (nSPS) is 25.2. The first kappa shape index (κ1) is 17.8. The van der Waals surface area contributed by atoms with E-state index in [2.05, 4.69) is 15.4 Å². The first-order valence-corrected chi connectivity index (χ1v) is 8.96. The van der Waals surface area contributed by atoms with E-state index in [1.165, 1.54) is 0 Å². The highest BCUT2D eigenvalue weighted by molar-refractivity contribution is 5.92. The number of anilines is 1. The van der Waals surface area contributed by atoms with Crippen LogP contribution in [0.15, 0.2) is 30.5 Å². The minimum absolute atomic E-state index is 0.0490. The molecule has 1 fully saturated rings. The van der Waals surface area contributed by atoms with Gasteiger partial charge in [-0.25, -0.2) is 4.68 Å². The van der Waals surface area contributed by atoms with Crippen molar-refractivity contribution in [1.29, 1.82) is 0 Å². The van der Waals surface area contributed by atoms with Crippen LogP contribution in [0, 0.1) is 0 Å². The summed E-state index contributed by atoms with van der Waals surface area (Å²) in [4.78, 5) is 18.3. The molecule has 6 nitrogen and oxygen atoms in total. The van der Waals surface area contributed by atoms with Gasteiger partial charge < -0.3 is 10.2 Å². The van der Waals surface area contributed by atoms with Crippen molar-refractivity contribution in [3.63, 3.8) is 0 Å². The van der Waals surface area contributed by atoms with Crippen molar-refractivity contribution < 1.29 is 18.0 Å². The summed E-state index contributed by atoms with van der Waals surface area (Å²) in [7, 11) is 0. The number of amides is 1. The number of hydrogen-bond donors (Lipinski definition) is 1. The number of nitrogens with one attached hydrogen (secondary N) is 1. The average Bonchev–Trinajstić information content (AvgIpc) is 3.27. The molecule has 27 heavy (non-hydrogen) atoms. The number of hydrogen-bond acceptors (Lipinski definition) is 4. The average molecular weight is 379 g/mol. The first-order valence-electron chi connectivity index (χ1n) is 8.96. The summed E-state index contributed by atoms with van der Waals surface area (Å²) in [5, 5.41) is 7.34. The monoisotopic (exact) mass is 379 g/mol. The van der Waals surface area contributed by atoms with Crippen LogP contribution in [0.25, 0.3) is 0 Å². The van der Waals surface area contributed by atoms with Gasteiger partial charge in [-0.05, 0) is 31.9 Å². The zero-order chi connectivity index (χ0) is 19.2. The fraction of sp³-hybridized carbons (Fsp3) is 0.500. The number of halogens is 3. The molecular formula is C18H20F3N5O. The fourth-order valence-electron chi connectivity index (χ4n) is 3.81. The summed E-state index contributed by atoms with van der Waals surface area (Å²) >= 11 is 0. The van der Waals surface area contributed by atoms with Crippen LogP contribution in [0.5, 0.6) is 0 Å². The Hall–Kier alpha value is -2.58. The third-order valence-corrected chi connectivity index (χ3v) is 5.18. The molecule has 0 unspecified atom stereocenters. The summed E-state index contributed by atoms with van der Waals surface area (Å²) in [6.45, 7) is 2.70. The molecule has 9 heteroatoms. The molecule has 1 N–H and O–H groups in total. The third-order valence-electron chi connectivity index (χ3n) is 5.18. The lowest BCUT2D eigenvalue weighted by Crippen LogP contribution is -2.37. The van der Waals surface area contributed by atoms with Crippen LogP contribution in [-0.4, -0.2) is 50.9 Å². The van der Waals surface area contributed by atoms with Gasteiger partial charge in [-0.15, -0.1) is 0 Å². The molecule has 0 aromatic carbocycles. The Morgan fingerprint density at radius 3 is 2.85 bits per heavy atom. The topological polar surface area (TPSA) is 63.1 Å². The number of rotatable bonds is 2. The summed E-state index contributed by atoms with van der Waals surface area (Å²) in [5.74, 6) is 0.143. The van der Waals surface area contributed by atoms with E-state index in [4.69, 9.17) is 0 Å². The Bertz CT molecular complexity index is 835. The van der Waals surface area contributed by atoms with Gasteiger partial charge in [0.1, 0.15) is 11.5 Å². The number of aromatic nitrogens is 3. The molecular weight excluding hydrogens is 359 g/mol.